The molecule has 0 saturated heterocycles. The van der Waals surface area contributed by atoms with E-state index in [4.69, 9.17) is 4.74 Å². The van der Waals surface area contributed by atoms with Crippen LogP contribution in [0.25, 0.3) is 0 Å². The lowest BCUT2D eigenvalue weighted by Crippen LogP contribution is -2.49. The molecule has 104 valence electrons. The number of carbonyl (C=O) groups excluding carboxylic acids is 3. The number of fused-ring (bicyclic) bond motifs is 2. The first-order valence-electron chi connectivity index (χ1n) is 6.81. The van der Waals surface area contributed by atoms with Crippen LogP contribution in [0.15, 0.2) is 12.7 Å². The van der Waals surface area contributed by atoms with Crippen LogP contribution in [0.1, 0.15) is 39.5 Å². The monoisotopic (exact) mass is 264 g/mol. The fourth-order valence-electron chi connectivity index (χ4n) is 3.79. The number of carbonyl (C=O) groups is 3. The molecule has 2 aliphatic rings. The van der Waals surface area contributed by atoms with E-state index in [1.54, 1.807) is 13.0 Å². The van der Waals surface area contributed by atoms with E-state index in [-0.39, 0.29) is 24.1 Å². The quantitative estimate of drug-likeness (QED) is 0.443. The summed E-state index contributed by atoms with van der Waals surface area (Å²) in [5, 5.41) is 0. The Balaban J connectivity index is 2.52. The minimum absolute atomic E-state index is 0.129. The molecule has 0 N–H and O–H groups in total. The molecule has 0 aromatic carbocycles. The molecule has 2 aliphatic carbocycles. The molecule has 0 radical (unpaired) electrons. The number of hydrogen-bond donors (Lipinski definition) is 0. The molecule has 3 atom stereocenters. The second-order valence-electron chi connectivity index (χ2n) is 5.56. The Bertz CT molecular complexity index is 453. The number of Topliss-reactive ketones (excluding diaryl/α,β-unsaturated/α-hetero) is 2. The minimum atomic E-state index is -1.16. The van der Waals surface area contributed by atoms with Gasteiger partial charge in [-0.15, -0.1) is 6.58 Å². The van der Waals surface area contributed by atoms with Crippen molar-refractivity contribution in [2.45, 2.75) is 39.5 Å². The highest BCUT2D eigenvalue weighted by Gasteiger charge is 2.69. The van der Waals surface area contributed by atoms with Gasteiger partial charge in [-0.25, -0.2) is 0 Å². The molecule has 0 aliphatic heterocycles. The summed E-state index contributed by atoms with van der Waals surface area (Å²) < 4.78 is 5.11. The van der Waals surface area contributed by atoms with Gasteiger partial charge in [0.15, 0.2) is 5.78 Å². The maximum absolute atomic E-state index is 12.8. The SMILES string of the molecule is C=C[C@@H]1C[C@@]2(C(C)=O)CCC[C@]1(C(=O)OCC)C2=O. The fourth-order valence-corrected chi connectivity index (χ4v) is 3.79. The Morgan fingerprint density at radius 2 is 2.16 bits per heavy atom. The van der Waals surface area contributed by atoms with E-state index in [9.17, 15) is 14.4 Å². The van der Waals surface area contributed by atoms with Crippen molar-refractivity contribution >= 4 is 17.5 Å². The standard InChI is InChI=1S/C15H20O4/c1-4-11-9-14(10(3)16)7-6-8-15(11,12(14)17)13(18)19-5-2/h4,11H,1,5-9H2,2-3H3/t11-,14-,15-/m1/s1. The van der Waals surface area contributed by atoms with Crippen molar-refractivity contribution in [1.29, 1.82) is 0 Å². The molecule has 0 aromatic heterocycles. The van der Waals surface area contributed by atoms with Gasteiger partial charge in [-0.05, 0) is 33.1 Å². The number of ether oxygens (including phenoxy) is 1. The summed E-state index contributed by atoms with van der Waals surface area (Å²) in [7, 11) is 0. The van der Waals surface area contributed by atoms with Crippen molar-refractivity contribution in [3.05, 3.63) is 12.7 Å². The van der Waals surface area contributed by atoms with Crippen LogP contribution in [0.5, 0.6) is 0 Å². The van der Waals surface area contributed by atoms with Crippen molar-refractivity contribution in [3.63, 3.8) is 0 Å². The van der Waals surface area contributed by atoms with E-state index >= 15 is 0 Å². The summed E-state index contributed by atoms with van der Waals surface area (Å²) >= 11 is 0. The maximum atomic E-state index is 12.8. The second-order valence-corrected chi connectivity index (χ2v) is 5.56. The first kappa shape index (κ1) is 14.0. The van der Waals surface area contributed by atoms with E-state index in [1.807, 2.05) is 0 Å². The molecular weight excluding hydrogens is 244 g/mol. The van der Waals surface area contributed by atoms with Gasteiger partial charge in [0.1, 0.15) is 11.2 Å². The number of ketones is 2. The van der Waals surface area contributed by atoms with Gasteiger partial charge in [-0.1, -0.05) is 12.5 Å². The van der Waals surface area contributed by atoms with E-state index in [2.05, 4.69) is 6.58 Å². The van der Waals surface area contributed by atoms with Gasteiger partial charge in [0.2, 0.25) is 0 Å². The highest BCUT2D eigenvalue weighted by Crippen LogP contribution is 2.60. The normalized spacial score (nSPS) is 36.9. The van der Waals surface area contributed by atoms with E-state index < -0.39 is 16.8 Å². The summed E-state index contributed by atoms with van der Waals surface area (Å²) in [6, 6.07) is 0. The van der Waals surface area contributed by atoms with Crippen molar-refractivity contribution in [3.8, 4) is 0 Å². The van der Waals surface area contributed by atoms with E-state index in [1.165, 1.54) is 6.92 Å². The van der Waals surface area contributed by atoms with Crippen LogP contribution in [-0.4, -0.2) is 24.1 Å². The first-order valence-corrected chi connectivity index (χ1v) is 6.81. The Kier molecular flexibility index (Phi) is 3.37. The van der Waals surface area contributed by atoms with Gasteiger partial charge in [0.05, 0.1) is 12.0 Å². The van der Waals surface area contributed by atoms with Gasteiger partial charge in [0.25, 0.3) is 0 Å². The second kappa shape index (κ2) is 4.58. The summed E-state index contributed by atoms with van der Waals surface area (Å²) in [5.41, 5.74) is -2.15. The maximum Gasteiger partial charge on any atom is 0.320 e. The molecule has 2 saturated carbocycles. The van der Waals surface area contributed by atoms with Gasteiger partial charge < -0.3 is 4.74 Å². The summed E-state index contributed by atoms with van der Waals surface area (Å²) in [5.74, 6) is -1.13. The van der Waals surface area contributed by atoms with Crippen molar-refractivity contribution in [2.75, 3.05) is 6.61 Å². The highest BCUT2D eigenvalue weighted by molar-refractivity contribution is 6.18. The minimum Gasteiger partial charge on any atom is -0.465 e. The zero-order valence-corrected chi connectivity index (χ0v) is 11.5. The Labute approximate surface area is 113 Å². The first-order chi connectivity index (χ1) is 8.95. The lowest BCUT2D eigenvalue weighted by Gasteiger charge is -2.35. The smallest absolute Gasteiger partial charge is 0.320 e. The topological polar surface area (TPSA) is 60.4 Å². The van der Waals surface area contributed by atoms with Crippen molar-refractivity contribution < 1.29 is 19.1 Å². The van der Waals surface area contributed by atoms with Crippen molar-refractivity contribution in [2.24, 2.45) is 16.7 Å². The lowest BCUT2D eigenvalue weighted by atomic mass is 9.65. The third-order valence-corrected chi connectivity index (χ3v) is 4.81. The average Bonchev–Trinajstić information content (AvgIpc) is 2.53. The predicted molar refractivity (Wildman–Crippen MR) is 69.3 cm³/mol. The molecule has 0 amide bonds. The molecule has 0 unspecified atom stereocenters. The van der Waals surface area contributed by atoms with Crippen LogP contribution < -0.4 is 0 Å². The van der Waals surface area contributed by atoms with Crippen LogP contribution in [0.4, 0.5) is 0 Å². The number of rotatable bonds is 4. The molecule has 4 nitrogen and oxygen atoms in total. The third kappa shape index (κ3) is 1.62. The largest absolute Gasteiger partial charge is 0.465 e. The molecule has 0 heterocycles. The van der Waals surface area contributed by atoms with Gasteiger partial charge in [-0.2, -0.15) is 0 Å². The van der Waals surface area contributed by atoms with Gasteiger partial charge in [-0.3, -0.25) is 14.4 Å². The molecule has 0 spiro atoms. The highest BCUT2D eigenvalue weighted by atomic mass is 16.5. The molecule has 19 heavy (non-hydrogen) atoms. The van der Waals surface area contributed by atoms with Gasteiger partial charge >= 0.3 is 5.97 Å². The van der Waals surface area contributed by atoms with Crippen LogP contribution in [0, 0.1) is 16.7 Å². The number of allylic oxidation sites excluding steroid dienone is 1. The molecule has 4 heteroatoms. The Morgan fingerprint density at radius 3 is 2.68 bits per heavy atom. The molecule has 2 fully saturated rings. The van der Waals surface area contributed by atoms with Crippen LogP contribution in [0.3, 0.4) is 0 Å². The molecular formula is C15H20O4. The summed E-state index contributed by atoms with van der Waals surface area (Å²) in [6.07, 6.45) is 3.77. The Morgan fingerprint density at radius 1 is 1.47 bits per heavy atom. The van der Waals surface area contributed by atoms with Crippen LogP contribution >= 0.6 is 0 Å². The Hall–Kier alpha value is -1.45. The summed E-state index contributed by atoms with van der Waals surface area (Å²) in [4.78, 5) is 37.1. The summed E-state index contributed by atoms with van der Waals surface area (Å²) in [6.45, 7) is 7.15. The third-order valence-electron chi connectivity index (χ3n) is 4.81. The molecule has 2 bridgehead atoms. The average molecular weight is 264 g/mol. The van der Waals surface area contributed by atoms with Gasteiger partial charge in [0, 0.05) is 5.92 Å². The molecule has 0 aromatic rings. The molecule has 2 rings (SSSR count). The van der Waals surface area contributed by atoms with E-state index in [0.29, 0.717) is 25.7 Å². The predicted octanol–water partition coefficient (Wildman–Crippen LogP) is 2.07. The zero-order chi connectivity index (χ0) is 14.3. The van der Waals surface area contributed by atoms with Crippen LogP contribution in [0.2, 0.25) is 0 Å². The number of esters is 1. The lowest BCUT2D eigenvalue weighted by molar-refractivity contribution is -0.164. The van der Waals surface area contributed by atoms with Crippen LogP contribution in [-0.2, 0) is 19.1 Å². The van der Waals surface area contributed by atoms with Crippen molar-refractivity contribution in [1.82, 2.24) is 0 Å². The van der Waals surface area contributed by atoms with E-state index in [0.717, 1.165) is 0 Å². The number of hydrogen-bond acceptors (Lipinski definition) is 4. The fraction of sp³-hybridized carbons (Fsp3) is 0.667. The zero-order valence-electron chi connectivity index (χ0n) is 11.5.